The quantitative estimate of drug-likeness (QED) is 0.114. The van der Waals surface area contributed by atoms with Crippen molar-refractivity contribution < 1.29 is 4.92 Å². The van der Waals surface area contributed by atoms with Crippen molar-refractivity contribution in [2.45, 2.75) is 0 Å². The van der Waals surface area contributed by atoms with Crippen LogP contribution < -0.4 is 22.1 Å². The number of pyridine rings is 1. The van der Waals surface area contributed by atoms with Gasteiger partial charge in [0.05, 0.1) is 15.6 Å². The van der Waals surface area contributed by atoms with Crippen LogP contribution in [0, 0.1) is 10.1 Å². The van der Waals surface area contributed by atoms with Crippen LogP contribution in [0.25, 0.3) is 11.3 Å². The number of halogens is 2. The van der Waals surface area contributed by atoms with Crippen LogP contribution in [0.3, 0.4) is 0 Å². The van der Waals surface area contributed by atoms with E-state index in [-0.39, 0.29) is 18.1 Å². The van der Waals surface area contributed by atoms with E-state index in [1.54, 1.807) is 24.4 Å². The fourth-order valence-electron chi connectivity index (χ4n) is 2.75. The van der Waals surface area contributed by atoms with Gasteiger partial charge in [0.25, 0.3) is 0 Å². The molecule has 0 atom stereocenters. The Morgan fingerprint density at radius 2 is 1.91 bits per heavy atom. The number of nitrogens with one attached hydrogen (secondary N) is 2. The minimum Gasteiger partial charge on any atom is -0.378 e. The number of thiocarbonyl (C=S) groups is 1. The average molecular weight is 493 g/mol. The van der Waals surface area contributed by atoms with Crippen LogP contribution in [0.5, 0.6) is 0 Å². The molecule has 0 aliphatic rings. The van der Waals surface area contributed by atoms with Crippen LogP contribution in [0.4, 0.5) is 23.3 Å². The highest BCUT2D eigenvalue weighted by Crippen LogP contribution is 2.32. The van der Waals surface area contributed by atoms with Gasteiger partial charge in [0.1, 0.15) is 5.82 Å². The first-order valence-electron chi connectivity index (χ1n) is 9.24. The summed E-state index contributed by atoms with van der Waals surface area (Å²) in [6.45, 7) is 1.01. The first kappa shape index (κ1) is 23.5. The van der Waals surface area contributed by atoms with Crippen LogP contribution in [0.2, 0.25) is 10.0 Å². The number of anilines is 3. The Bertz CT molecular complexity index is 1180. The smallest absolute Gasteiger partial charge is 0.311 e. The topological polar surface area (TPSA) is 158 Å². The predicted octanol–water partition coefficient (Wildman–Crippen LogP) is 3.54. The van der Waals surface area contributed by atoms with Crippen molar-refractivity contribution in [1.29, 1.82) is 0 Å². The van der Waals surface area contributed by atoms with E-state index < -0.39 is 4.92 Å². The number of rotatable bonds is 9. The Balaban J connectivity index is 1.73. The van der Waals surface area contributed by atoms with Crippen molar-refractivity contribution in [3.05, 3.63) is 62.3 Å². The fourth-order valence-corrected chi connectivity index (χ4v) is 3.40. The zero-order valence-corrected chi connectivity index (χ0v) is 18.8. The Hall–Kier alpha value is -3.12. The number of benzene rings is 1. The molecule has 0 saturated heterocycles. The fraction of sp³-hybridized carbons (Fsp3) is 0.158. The van der Waals surface area contributed by atoms with E-state index in [0.717, 1.165) is 0 Å². The Kier molecular flexibility index (Phi) is 7.70. The van der Waals surface area contributed by atoms with Crippen LogP contribution in [0.1, 0.15) is 5.56 Å². The molecular weight excluding hydrogens is 475 g/mol. The van der Waals surface area contributed by atoms with Crippen LogP contribution in [-0.4, -0.2) is 44.4 Å². The molecule has 10 nitrogen and oxygen atoms in total. The van der Waals surface area contributed by atoms with Crippen molar-refractivity contribution in [3.8, 4) is 11.3 Å². The maximum absolute atomic E-state index is 10.8. The number of hydrogen-bond donors (Lipinski definition) is 4. The lowest BCUT2D eigenvalue weighted by molar-refractivity contribution is -0.384. The number of nitrogens with two attached hydrogens (primary N) is 2. The van der Waals surface area contributed by atoms with Crippen LogP contribution >= 0.6 is 35.4 Å². The third-order valence-electron chi connectivity index (χ3n) is 4.27. The Labute approximate surface area is 198 Å². The van der Waals surface area contributed by atoms with Gasteiger partial charge in [-0.05, 0) is 24.3 Å². The van der Waals surface area contributed by atoms with E-state index in [1.165, 1.54) is 12.1 Å². The number of nitro groups is 1. The maximum Gasteiger partial charge on any atom is 0.311 e. The molecule has 3 rings (SSSR count). The molecule has 32 heavy (non-hydrogen) atoms. The van der Waals surface area contributed by atoms with Gasteiger partial charge in [-0.15, -0.1) is 0 Å². The molecule has 0 fully saturated rings. The van der Waals surface area contributed by atoms with E-state index in [1.807, 2.05) is 0 Å². The van der Waals surface area contributed by atoms with Crippen LogP contribution in [0.15, 0.2) is 36.5 Å². The molecule has 6 N–H and O–H groups in total. The summed E-state index contributed by atoms with van der Waals surface area (Å²) in [5.74, 6) is 0.605. The van der Waals surface area contributed by atoms with E-state index in [4.69, 9.17) is 46.9 Å². The summed E-state index contributed by atoms with van der Waals surface area (Å²) < 4.78 is 0. The highest BCUT2D eigenvalue weighted by Gasteiger charge is 2.16. The van der Waals surface area contributed by atoms with Gasteiger partial charge >= 0.3 is 5.69 Å². The summed E-state index contributed by atoms with van der Waals surface area (Å²) in [6, 6.07) is 7.86. The molecule has 13 heteroatoms. The summed E-state index contributed by atoms with van der Waals surface area (Å²) >= 11 is 17.7. The second-order valence-corrected chi connectivity index (χ2v) is 7.76. The monoisotopic (exact) mass is 492 g/mol. The lowest BCUT2D eigenvalue weighted by Crippen LogP contribution is -2.18. The molecule has 2 aromatic heterocycles. The van der Waals surface area contributed by atoms with Crippen molar-refractivity contribution >= 4 is 63.6 Å². The third-order valence-corrected chi connectivity index (χ3v) is 5.21. The Morgan fingerprint density at radius 3 is 2.56 bits per heavy atom. The van der Waals surface area contributed by atoms with Crippen LogP contribution in [-0.2, 0) is 0 Å². The van der Waals surface area contributed by atoms with E-state index in [9.17, 15) is 10.1 Å². The molecule has 0 aliphatic carbocycles. The molecule has 0 saturated carbocycles. The summed E-state index contributed by atoms with van der Waals surface area (Å²) in [5, 5.41) is 17.8. The number of aromatic nitrogens is 3. The summed E-state index contributed by atoms with van der Waals surface area (Å²) in [6.07, 6.45) is 1.59. The van der Waals surface area contributed by atoms with Gasteiger partial charge in [0, 0.05) is 52.9 Å². The van der Waals surface area contributed by atoms with Crippen molar-refractivity contribution in [1.82, 2.24) is 15.0 Å². The normalized spacial score (nSPS) is 10.6. The van der Waals surface area contributed by atoms with E-state index in [0.29, 0.717) is 56.6 Å². The minimum atomic E-state index is -0.588. The highest BCUT2D eigenvalue weighted by atomic mass is 35.5. The molecule has 0 radical (unpaired) electrons. The SMILES string of the molecule is NCC(=S)c1cnc(NCCNc2ccc([N+](=O)[O-])c(N)n2)nc1-c1ccc(Cl)cc1Cl. The summed E-state index contributed by atoms with van der Waals surface area (Å²) in [7, 11) is 0. The lowest BCUT2D eigenvalue weighted by Gasteiger charge is -2.13. The largest absolute Gasteiger partial charge is 0.378 e. The van der Waals surface area contributed by atoms with Crippen molar-refractivity contribution in [2.75, 3.05) is 36.0 Å². The molecule has 0 bridgehead atoms. The number of nitrogens with zero attached hydrogens (tertiary/aromatic N) is 4. The minimum absolute atomic E-state index is 0.160. The van der Waals surface area contributed by atoms with Crippen molar-refractivity contribution in [2.24, 2.45) is 5.73 Å². The summed E-state index contributed by atoms with van der Waals surface area (Å²) in [4.78, 5) is 23.6. The average Bonchev–Trinajstić information content (AvgIpc) is 2.76. The molecule has 2 heterocycles. The first-order valence-corrected chi connectivity index (χ1v) is 10.4. The first-order chi connectivity index (χ1) is 15.3. The van der Waals surface area contributed by atoms with Gasteiger partial charge in [0.15, 0.2) is 0 Å². The number of hydrogen-bond acceptors (Lipinski definition) is 10. The highest BCUT2D eigenvalue weighted by molar-refractivity contribution is 7.81. The molecule has 3 aromatic rings. The zero-order chi connectivity index (χ0) is 23.3. The molecular formula is C19H18Cl2N8O2S. The molecule has 0 unspecified atom stereocenters. The van der Waals surface area contributed by atoms with E-state index >= 15 is 0 Å². The van der Waals surface area contributed by atoms with Gasteiger partial charge in [-0.3, -0.25) is 10.1 Å². The molecule has 0 spiro atoms. The van der Waals surface area contributed by atoms with Gasteiger partial charge < -0.3 is 22.1 Å². The summed E-state index contributed by atoms with van der Waals surface area (Å²) in [5.41, 5.74) is 12.9. The third kappa shape index (κ3) is 5.56. The maximum atomic E-state index is 10.8. The van der Waals surface area contributed by atoms with Gasteiger partial charge in [-0.25, -0.2) is 15.0 Å². The zero-order valence-electron chi connectivity index (χ0n) is 16.5. The molecule has 166 valence electrons. The molecule has 0 aliphatic heterocycles. The second-order valence-electron chi connectivity index (χ2n) is 6.42. The standard InChI is InChI=1S/C19H18Cl2N8O2S/c20-10-1-2-11(13(21)7-10)17-12(15(32)8-22)9-26-19(28-17)25-6-5-24-16-4-3-14(29(30)31)18(23)27-16/h1-4,7,9H,5-6,8,22H2,(H3,23,24,27)(H,25,26,28). The van der Waals surface area contributed by atoms with Crippen molar-refractivity contribution in [3.63, 3.8) is 0 Å². The second kappa shape index (κ2) is 10.5. The Morgan fingerprint density at radius 1 is 1.16 bits per heavy atom. The molecule has 1 aromatic carbocycles. The predicted molar refractivity (Wildman–Crippen MR) is 131 cm³/mol. The molecule has 0 amide bonds. The van der Waals surface area contributed by atoms with Gasteiger partial charge in [0.2, 0.25) is 11.8 Å². The van der Waals surface area contributed by atoms with Gasteiger partial charge in [-0.1, -0.05) is 35.4 Å². The lowest BCUT2D eigenvalue weighted by atomic mass is 10.0. The van der Waals surface area contributed by atoms with E-state index in [2.05, 4.69) is 25.6 Å². The van der Waals surface area contributed by atoms with Gasteiger partial charge in [-0.2, -0.15) is 0 Å². The number of nitrogen functional groups attached to an aromatic ring is 1.